The Hall–Kier alpha value is -0.150. The van der Waals surface area contributed by atoms with Crippen molar-refractivity contribution in [3.8, 4) is 0 Å². The molecule has 2 fully saturated rings. The molecule has 2 aliphatic rings. The quantitative estimate of drug-likeness (QED) is 0.583. The molecule has 0 aromatic heterocycles. The number of hydrogen-bond acceptors (Lipinski definition) is 2. The van der Waals surface area contributed by atoms with Crippen LogP contribution >= 0.6 is 0 Å². The van der Waals surface area contributed by atoms with Gasteiger partial charge in [-0.05, 0) is 26.3 Å². The normalized spacial score (nSPS) is 46.3. The Labute approximate surface area is 86.1 Å². The van der Waals surface area contributed by atoms with Crippen molar-refractivity contribution in [3.05, 3.63) is 0 Å². The van der Waals surface area contributed by atoms with E-state index in [0.29, 0.717) is 24.5 Å². The van der Waals surface area contributed by atoms with Crippen molar-refractivity contribution in [1.82, 2.24) is 9.80 Å². The Bertz CT molecular complexity index is 209. The molecule has 14 heavy (non-hydrogen) atoms. The van der Waals surface area contributed by atoms with Crippen LogP contribution in [0.4, 0.5) is 4.39 Å². The Morgan fingerprint density at radius 2 is 1.86 bits per heavy atom. The Balaban J connectivity index is 2.12. The first-order valence-electron chi connectivity index (χ1n) is 5.66. The van der Waals surface area contributed by atoms with Gasteiger partial charge in [0.05, 0.1) is 0 Å². The monoisotopic (exact) mass is 200 g/mol. The lowest BCUT2D eigenvalue weighted by atomic mass is 10.0. The van der Waals surface area contributed by atoms with Crippen molar-refractivity contribution in [1.29, 1.82) is 0 Å². The van der Waals surface area contributed by atoms with Crippen molar-refractivity contribution in [2.24, 2.45) is 5.92 Å². The fourth-order valence-electron chi connectivity index (χ4n) is 2.97. The van der Waals surface area contributed by atoms with Crippen LogP contribution in [-0.4, -0.2) is 54.7 Å². The van der Waals surface area contributed by atoms with E-state index < -0.39 is 6.17 Å². The molecule has 2 rings (SSSR count). The van der Waals surface area contributed by atoms with Gasteiger partial charge in [0.2, 0.25) is 0 Å². The average molecular weight is 200 g/mol. The summed E-state index contributed by atoms with van der Waals surface area (Å²) in [6, 6.07) is 0.987. The molecule has 4 atom stereocenters. The first kappa shape index (κ1) is 10.4. The third kappa shape index (κ3) is 1.80. The molecule has 0 bridgehead atoms. The van der Waals surface area contributed by atoms with E-state index in [1.54, 1.807) is 0 Å². The van der Waals surface area contributed by atoms with Crippen molar-refractivity contribution >= 4 is 0 Å². The van der Waals surface area contributed by atoms with Crippen molar-refractivity contribution in [3.63, 3.8) is 0 Å². The van der Waals surface area contributed by atoms with Gasteiger partial charge in [0.25, 0.3) is 0 Å². The van der Waals surface area contributed by atoms with Crippen LogP contribution in [0.25, 0.3) is 0 Å². The summed E-state index contributed by atoms with van der Waals surface area (Å²) < 4.78 is 13.3. The van der Waals surface area contributed by atoms with Gasteiger partial charge in [0.15, 0.2) is 0 Å². The molecule has 0 spiro atoms. The molecule has 0 saturated carbocycles. The second-order valence-corrected chi connectivity index (χ2v) is 5.12. The molecule has 82 valence electrons. The minimum absolute atomic E-state index is 0.454. The average Bonchev–Trinajstić information content (AvgIpc) is 2.40. The smallest absolute Gasteiger partial charge is 0.114 e. The molecule has 2 heterocycles. The maximum absolute atomic E-state index is 13.3. The zero-order valence-corrected chi connectivity index (χ0v) is 9.41. The van der Waals surface area contributed by atoms with Gasteiger partial charge in [0, 0.05) is 31.7 Å². The van der Waals surface area contributed by atoms with Crippen LogP contribution in [0.1, 0.15) is 20.3 Å². The van der Waals surface area contributed by atoms with E-state index in [9.17, 15) is 4.39 Å². The summed E-state index contributed by atoms with van der Waals surface area (Å²) >= 11 is 0. The lowest BCUT2D eigenvalue weighted by Gasteiger charge is -2.30. The summed E-state index contributed by atoms with van der Waals surface area (Å²) in [6.07, 6.45) is 0.141. The van der Waals surface area contributed by atoms with Gasteiger partial charge < -0.3 is 4.90 Å². The maximum atomic E-state index is 13.3. The molecule has 2 nitrogen and oxygen atoms in total. The number of hydrogen-bond donors (Lipinski definition) is 0. The van der Waals surface area contributed by atoms with Gasteiger partial charge in [-0.3, -0.25) is 4.90 Å². The molecule has 3 heteroatoms. The number of fused-ring (bicyclic) bond motifs is 1. The van der Waals surface area contributed by atoms with Crippen LogP contribution in [0.2, 0.25) is 0 Å². The lowest BCUT2D eigenvalue weighted by Crippen LogP contribution is -2.41. The Morgan fingerprint density at radius 3 is 2.57 bits per heavy atom. The van der Waals surface area contributed by atoms with Crippen LogP contribution in [0, 0.1) is 5.92 Å². The largest absolute Gasteiger partial charge is 0.304 e. The van der Waals surface area contributed by atoms with Crippen molar-refractivity contribution in [2.45, 2.75) is 38.5 Å². The summed E-state index contributed by atoms with van der Waals surface area (Å²) in [4.78, 5) is 4.72. The van der Waals surface area contributed by atoms with Crippen LogP contribution < -0.4 is 0 Å². The lowest BCUT2D eigenvalue weighted by molar-refractivity contribution is 0.163. The minimum atomic E-state index is -0.596. The van der Waals surface area contributed by atoms with Gasteiger partial charge in [-0.1, -0.05) is 6.92 Å². The molecular weight excluding hydrogens is 179 g/mol. The second kappa shape index (κ2) is 3.78. The molecule has 2 unspecified atom stereocenters. The number of rotatable bonds is 0. The summed E-state index contributed by atoms with van der Waals surface area (Å²) in [6.45, 7) is 7.36. The Morgan fingerprint density at radius 1 is 1.14 bits per heavy atom. The second-order valence-electron chi connectivity index (χ2n) is 5.12. The molecule has 2 aliphatic heterocycles. The fourth-order valence-corrected chi connectivity index (χ4v) is 2.97. The van der Waals surface area contributed by atoms with E-state index in [1.807, 2.05) is 0 Å². The highest BCUT2D eigenvalue weighted by atomic mass is 19.1. The van der Waals surface area contributed by atoms with E-state index in [1.165, 1.54) is 0 Å². The Kier molecular flexibility index (Phi) is 2.80. The third-order valence-electron chi connectivity index (χ3n) is 3.87. The van der Waals surface area contributed by atoms with Gasteiger partial charge in [-0.2, -0.15) is 0 Å². The van der Waals surface area contributed by atoms with E-state index in [2.05, 4.69) is 30.7 Å². The molecule has 0 aliphatic carbocycles. The van der Waals surface area contributed by atoms with Gasteiger partial charge >= 0.3 is 0 Å². The third-order valence-corrected chi connectivity index (χ3v) is 3.87. The molecular formula is C11H21FN2. The minimum Gasteiger partial charge on any atom is -0.304 e. The first-order chi connectivity index (χ1) is 6.58. The van der Waals surface area contributed by atoms with E-state index in [0.717, 1.165) is 19.5 Å². The maximum Gasteiger partial charge on any atom is 0.114 e. The van der Waals surface area contributed by atoms with Gasteiger partial charge in [0.1, 0.15) is 6.17 Å². The predicted octanol–water partition coefficient (Wildman–Crippen LogP) is 1.37. The number of likely N-dealkylation sites (N-methyl/N-ethyl adjacent to an activating group) is 1. The van der Waals surface area contributed by atoms with E-state index in [-0.39, 0.29) is 0 Å². The van der Waals surface area contributed by atoms with Crippen LogP contribution in [0.5, 0.6) is 0 Å². The van der Waals surface area contributed by atoms with E-state index in [4.69, 9.17) is 0 Å². The van der Waals surface area contributed by atoms with Crippen LogP contribution in [-0.2, 0) is 0 Å². The fraction of sp³-hybridized carbons (Fsp3) is 1.00. The van der Waals surface area contributed by atoms with Gasteiger partial charge in [-0.15, -0.1) is 0 Å². The molecule has 0 N–H and O–H groups in total. The predicted molar refractivity (Wildman–Crippen MR) is 56.1 cm³/mol. The highest BCUT2D eigenvalue weighted by Crippen LogP contribution is 2.29. The highest BCUT2D eigenvalue weighted by Gasteiger charge is 2.39. The number of halogens is 1. The summed E-state index contributed by atoms with van der Waals surface area (Å²) in [7, 11) is 2.15. The molecule has 0 amide bonds. The van der Waals surface area contributed by atoms with Crippen LogP contribution in [0.15, 0.2) is 0 Å². The SMILES string of the molecule is C[C@@H]1CN(C)CC2CC(F)CN2[C@@H]1C. The molecule has 0 aromatic rings. The van der Waals surface area contributed by atoms with Crippen molar-refractivity contribution in [2.75, 3.05) is 26.7 Å². The summed E-state index contributed by atoms with van der Waals surface area (Å²) in [5, 5.41) is 0. The number of nitrogens with zero attached hydrogens (tertiary/aromatic N) is 2. The topological polar surface area (TPSA) is 6.48 Å². The first-order valence-corrected chi connectivity index (χ1v) is 5.66. The summed E-state index contributed by atoms with van der Waals surface area (Å²) in [5.74, 6) is 0.648. The zero-order chi connectivity index (χ0) is 10.3. The van der Waals surface area contributed by atoms with E-state index >= 15 is 0 Å². The van der Waals surface area contributed by atoms with Gasteiger partial charge in [-0.25, -0.2) is 4.39 Å². The molecule has 2 saturated heterocycles. The highest BCUT2D eigenvalue weighted by molar-refractivity contribution is 4.94. The summed E-state index contributed by atoms with van der Waals surface area (Å²) in [5.41, 5.74) is 0. The van der Waals surface area contributed by atoms with Crippen molar-refractivity contribution < 1.29 is 4.39 Å². The molecule has 0 radical (unpaired) electrons. The zero-order valence-electron chi connectivity index (χ0n) is 9.41. The standard InChI is InChI=1S/C11H21FN2/c1-8-5-13(3)7-11-4-10(12)6-14(11)9(8)2/h8-11H,4-7H2,1-3H3/t8-,9-,10?,11?/m1/s1. The molecule has 0 aromatic carbocycles. The van der Waals surface area contributed by atoms with Crippen LogP contribution in [0.3, 0.4) is 0 Å². The number of alkyl halides is 1.